The van der Waals surface area contributed by atoms with E-state index in [0.29, 0.717) is 23.2 Å². The van der Waals surface area contributed by atoms with Gasteiger partial charge < -0.3 is 15.1 Å². The lowest BCUT2D eigenvalue weighted by molar-refractivity contribution is 0.0748. The fourth-order valence-electron chi connectivity index (χ4n) is 4.06. The Bertz CT molecular complexity index is 843. The van der Waals surface area contributed by atoms with Gasteiger partial charge in [0.15, 0.2) is 0 Å². The van der Waals surface area contributed by atoms with Crippen LogP contribution in [-0.2, 0) is 0 Å². The summed E-state index contributed by atoms with van der Waals surface area (Å²) in [5.41, 5.74) is 1.94. The van der Waals surface area contributed by atoms with Gasteiger partial charge in [-0.25, -0.2) is 0 Å². The molecule has 5 nitrogen and oxygen atoms in total. The lowest BCUT2D eigenvalue weighted by Crippen LogP contribution is -2.39. The molecule has 2 heterocycles. The summed E-state index contributed by atoms with van der Waals surface area (Å²) in [5, 5.41) is 3.60. The highest BCUT2D eigenvalue weighted by atomic mass is 35.5. The number of anilines is 1. The van der Waals surface area contributed by atoms with Crippen LogP contribution in [0.25, 0.3) is 0 Å². The van der Waals surface area contributed by atoms with Gasteiger partial charge in [-0.15, -0.1) is 12.4 Å². The molecule has 0 radical (unpaired) electrons. The van der Waals surface area contributed by atoms with Crippen molar-refractivity contribution in [1.29, 1.82) is 0 Å². The van der Waals surface area contributed by atoms with E-state index in [2.05, 4.69) is 5.32 Å². The van der Waals surface area contributed by atoms with E-state index in [0.717, 1.165) is 31.6 Å². The Hall–Kier alpha value is -2.37. The van der Waals surface area contributed by atoms with Crippen LogP contribution in [0.3, 0.4) is 0 Å². The van der Waals surface area contributed by atoms with Gasteiger partial charge in [-0.2, -0.15) is 0 Å². The summed E-state index contributed by atoms with van der Waals surface area (Å²) in [5.74, 6) is -0.103. The molecule has 2 aliphatic rings. The fourth-order valence-corrected chi connectivity index (χ4v) is 4.06. The number of carbonyl (C=O) groups excluding carboxylic acids is 2. The summed E-state index contributed by atoms with van der Waals surface area (Å²) in [6, 6.07) is 17.5. The highest BCUT2D eigenvalue weighted by Gasteiger charge is 2.31. The van der Waals surface area contributed by atoms with Crippen molar-refractivity contribution in [3.05, 3.63) is 65.7 Å². The number of rotatable bonds is 3. The summed E-state index contributed by atoms with van der Waals surface area (Å²) in [6.45, 7) is 1.52. The fraction of sp³-hybridized carbons (Fsp3) is 0.364. The SMILES string of the molecule is CN(C(=O)c1cccc(C(=O)N2CCC3CCC(C2)N3)c1)c1ccccc1.Cl. The third-order valence-corrected chi connectivity index (χ3v) is 5.62. The average molecular weight is 400 g/mol. The monoisotopic (exact) mass is 399 g/mol. The molecule has 2 aliphatic heterocycles. The van der Waals surface area contributed by atoms with E-state index in [1.165, 1.54) is 6.42 Å². The van der Waals surface area contributed by atoms with Crippen LogP contribution in [-0.4, -0.2) is 48.9 Å². The molecule has 148 valence electrons. The molecule has 4 rings (SSSR count). The number of hydrogen-bond donors (Lipinski definition) is 1. The third-order valence-electron chi connectivity index (χ3n) is 5.62. The minimum Gasteiger partial charge on any atom is -0.337 e. The number of fused-ring (bicyclic) bond motifs is 2. The first-order chi connectivity index (χ1) is 13.1. The number of para-hydroxylation sites is 1. The van der Waals surface area contributed by atoms with Gasteiger partial charge in [0.1, 0.15) is 0 Å². The molecule has 0 aromatic heterocycles. The second-order valence-corrected chi connectivity index (χ2v) is 7.46. The Morgan fingerprint density at radius 3 is 2.46 bits per heavy atom. The molecule has 2 aromatic carbocycles. The highest BCUT2D eigenvalue weighted by molar-refractivity contribution is 6.07. The van der Waals surface area contributed by atoms with Gasteiger partial charge in [-0.1, -0.05) is 24.3 Å². The summed E-state index contributed by atoms with van der Waals surface area (Å²) in [6.07, 6.45) is 3.34. The van der Waals surface area contributed by atoms with Crippen LogP contribution in [0.4, 0.5) is 5.69 Å². The van der Waals surface area contributed by atoms with Crippen LogP contribution in [0.5, 0.6) is 0 Å². The largest absolute Gasteiger partial charge is 0.337 e. The number of nitrogens with zero attached hydrogens (tertiary/aromatic N) is 2. The van der Waals surface area contributed by atoms with E-state index < -0.39 is 0 Å². The highest BCUT2D eigenvalue weighted by Crippen LogP contribution is 2.22. The van der Waals surface area contributed by atoms with Crippen molar-refractivity contribution in [3.63, 3.8) is 0 Å². The van der Waals surface area contributed by atoms with E-state index in [9.17, 15) is 9.59 Å². The van der Waals surface area contributed by atoms with Crippen LogP contribution in [0.15, 0.2) is 54.6 Å². The Labute approximate surface area is 172 Å². The number of halogens is 1. The van der Waals surface area contributed by atoms with E-state index in [4.69, 9.17) is 0 Å². The Morgan fingerprint density at radius 2 is 1.68 bits per heavy atom. The quantitative estimate of drug-likeness (QED) is 0.861. The molecule has 0 saturated carbocycles. The van der Waals surface area contributed by atoms with Gasteiger partial charge in [-0.05, 0) is 49.6 Å². The van der Waals surface area contributed by atoms with Crippen LogP contribution in [0.2, 0.25) is 0 Å². The van der Waals surface area contributed by atoms with Crippen LogP contribution >= 0.6 is 12.4 Å². The molecule has 0 aliphatic carbocycles. The molecular weight excluding hydrogens is 374 g/mol. The Kier molecular flexibility index (Phi) is 6.37. The van der Waals surface area contributed by atoms with Crippen molar-refractivity contribution in [2.75, 3.05) is 25.0 Å². The number of likely N-dealkylation sites (tertiary alicyclic amines) is 1. The van der Waals surface area contributed by atoms with E-state index in [-0.39, 0.29) is 24.2 Å². The number of carbonyl (C=O) groups is 2. The second kappa shape index (κ2) is 8.76. The molecule has 1 N–H and O–H groups in total. The normalized spacial score (nSPS) is 20.8. The summed E-state index contributed by atoms with van der Waals surface area (Å²) >= 11 is 0. The molecule has 0 spiro atoms. The number of hydrogen-bond acceptors (Lipinski definition) is 3. The molecule has 2 unspecified atom stereocenters. The molecule has 2 atom stereocenters. The summed E-state index contributed by atoms with van der Waals surface area (Å²) in [4.78, 5) is 29.4. The molecular formula is C22H26ClN3O2. The van der Waals surface area contributed by atoms with Crippen molar-refractivity contribution in [1.82, 2.24) is 10.2 Å². The lowest BCUT2D eigenvalue weighted by Gasteiger charge is -2.24. The first kappa shape index (κ1) is 20.4. The third kappa shape index (κ3) is 4.21. The maximum absolute atomic E-state index is 13.0. The van der Waals surface area contributed by atoms with Crippen molar-refractivity contribution < 1.29 is 9.59 Å². The molecule has 2 aromatic rings. The first-order valence-corrected chi connectivity index (χ1v) is 9.60. The summed E-state index contributed by atoms with van der Waals surface area (Å²) in [7, 11) is 1.75. The number of amides is 2. The van der Waals surface area contributed by atoms with Gasteiger partial charge in [0, 0.05) is 49.0 Å². The minimum absolute atomic E-state index is 0. The zero-order chi connectivity index (χ0) is 18.8. The van der Waals surface area contributed by atoms with E-state index in [1.807, 2.05) is 35.2 Å². The van der Waals surface area contributed by atoms with Gasteiger partial charge in [0.05, 0.1) is 0 Å². The van der Waals surface area contributed by atoms with Crippen LogP contribution in [0, 0.1) is 0 Å². The number of benzene rings is 2. The molecule has 2 amide bonds. The standard InChI is InChI=1S/C22H25N3O2.ClH/c1-24(20-8-3-2-4-9-20)21(26)16-6-5-7-17(14-16)22(27)25-13-12-18-10-11-19(15-25)23-18;/h2-9,14,18-19,23H,10-13,15H2,1H3;1H. The van der Waals surface area contributed by atoms with Crippen molar-refractivity contribution >= 4 is 29.9 Å². The second-order valence-electron chi connectivity index (χ2n) is 7.46. The van der Waals surface area contributed by atoms with Crippen molar-refractivity contribution in [2.45, 2.75) is 31.3 Å². The van der Waals surface area contributed by atoms with E-state index >= 15 is 0 Å². The topological polar surface area (TPSA) is 52.7 Å². The number of nitrogens with one attached hydrogen (secondary N) is 1. The van der Waals surface area contributed by atoms with Gasteiger partial charge in [0.2, 0.25) is 0 Å². The Balaban J connectivity index is 0.00000225. The maximum atomic E-state index is 13.0. The molecule has 2 fully saturated rings. The van der Waals surface area contributed by atoms with Gasteiger partial charge in [-0.3, -0.25) is 9.59 Å². The van der Waals surface area contributed by atoms with E-state index in [1.54, 1.807) is 36.2 Å². The molecule has 2 saturated heterocycles. The predicted molar refractivity (Wildman–Crippen MR) is 113 cm³/mol. The van der Waals surface area contributed by atoms with Crippen LogP contribution < -0.4 is 10.2 Å². The molecule has 28 heavy (non-hydrogen) atoms. The Morgan fingerprint density at radius 1 is 0.964 bits per heavy atom. The zero-order valence-corrected chi connectivity index (χ0v) is 16.8. The van der Waals surface area contributed by atoms with Crippen molar-refractivity contribution in [2.24, 2.45) is 0 Å². The van der Waals surface area contributed by atoms with Crippen molar-refractivity contribution in [3.8, 4) is 0 Å². The first-order valence-electron chi connectivity index (χ1n) is 9.60. The molecule has 6 heteroatoms. The average Bonchev–Trinajstić information content (AvgIpc) is 3.05. The zero-order valence-electron chi connectivity index (χ0n) is 16.0. The molecule has 2 bridgehead atoms. The smallest absolute Gasteiger partial charge is 0.258 e. The van der Waals surface area contributed by atoms with Crippen LogP contribution in [0.1, 0.15) is 40.0 Å². The predicted octanol–water partition coefficient (Wildman–Crippen LogP) is 3.35. The minimum atomic E-state index is -0.118. The van der Waals surface area contributed by atoms with Gasteiger partial charge >= 0.3 is 0 Å². The lowest BCUT2D eigenvalue weighted by atomic mass is 10.1. The maximum Gasteiger partial charge on any atom is 0.258 e. The summed E-state index contributed by atoms with van der Waals surface area (Å²) < 4.78 is 0. The van der Waals surface area contributed by atoms with Gasteiger partial charge in [0.25, 0.3) is 11.8 Å².